The van der Waals surface area contributed by atoms with E-state index in [1.54, 1.807) is 29.9 Å². The highest BCUT2D eigenvalue weighted by Gasteiger charge is 2.12. The molecule has 3 aromatic heterocycles. The molecule has 0 bridgehead atoms. The molecule has 0 aliphatic carbocycles. The Morgan fingerprint density at radius 3 is 2.73 bits per heavy atom. The summed E-state index contributed by atoms with van der Waals surface area (Å²) in [7, 11) is 0. The second-order valence-electron chi connectivity index (χ2n) is 4.77. The van der Waals surface area contributed by atoms with Crippen LogP contribution in [-0.4, -0.2) is 15.1 Å². The predicted octanol–water partition coefficient (Wildman–Crippen LogP) is 4.43. The van der Waals surface area contributed by atoms with Crippen LogP contribution in [0.1, 0.15) is 5.01 Å². The molecule has 0 amide bonds. The molecule has 5 nitrogen and oxygen atoms in total. The van der Waals surface area contributed by atoms with E-state index in [-0.39, 0.29) is 0 Å². The van der Waals surface area contributed by atoms with E-state index in [9.17, 15) is 0 Å². The van der Waals surface area contributed by atoms with Crippen molar-refractivity contribution in [1.82, 2.24) is 15.1 Å². The van der Waals surface area contributed by atoms with Crippen molar-refractivity contribution in [3.05, 3.63) is 53.2 Å². The lowest BCUT2D eigenvalue weighted by Crippen LogP contribution is -1.83. The number of benzene rings is 1. The normalized spacial score (nSPS) is 11.0. The number of hydrogen-bond donors (Lipinski definition) is 0. The standard InChI is InChI=1S/C16H11N3O2S/c1-10-17-14(9-22-10)11-3-2-4-12(7-11)15-18-16(21-19-15)13-5-6-20-8-13/h2-9H,1H3. The van der Waals surface area contributed by atoms with Crippen molar-refractivity contribution >= 4 is 11.3 Å². The van der Waals surface area contributed by atoms with Gasteiger partial charge in [0.1, 0.15) is 6.26 Å². The average Bonchev–Trinajstić information content (AvgIpc) is 3.28. The van der Waals surface area contributed by atoms with Gasteiger partial charge >= 0.3 is 0 Å². The molecule has 0 aliphatic rings. The van der Waals surface area contributed by atoms with Gasteiger partial charge in [0.25, 0.3) is 5.89 Å². The van der Waals surface area contributed by atoms with Gasteiger partial charge < -0.3 is 8.94 Å². The van der Waals surface area contributed by atoms with Crippen molar-refractivity contribution in [2.24, 2.45) is 0 Å². The van der Waals surface area contributed by atoms with Crippen molar-refractivity contribution in [2.75, 3.05) is 0 Å². The van der Waals surface area contributed by atoms with Crippen LogP contribution in [-0.2, 0) is 0 Å². The summed E-state index contributed by atoms with van der Waals surface area (Å²) in [6, 6.07) is 9.74. The van der Waals surface area contributed by atoms with E-state index in [1.807, 2.05) is 36.6 Å². The molecule has 4 aromatic rings. The summed E-state index contributed by atoms with van der Waals surface area (Å²) in [6.07, 6.45) is 3.15. The average molecular weight is 309 g/mol. The molecule has 1 aromatic carbocycles. The van der Waals surface area contributed by atoms with Gasteiger partial charge in [-0.05, 0) is 19.1 Å². The van der Waals surface area contributed by atoms with E-state index < -0.39 is 0 Å². The van der Waals surface area contributed by atoms with Gasteiger partial charge in [-0.1, -0.05) is 23.4 Å². The van der Waals surface area contributed by atoms with Crippen LogP contribution in [0.15, 0.2) is 57.2 Å². The van der Waals surface area contributed by atoms with E-state index >= 15 is 0 Å². The predicted molar refractivity (Wildman–Crippen MR) is 83.3 cm³/mol. The van der Waals surface area contributed by atoms with Crippen LogP contribution >= 0.6 is 11.3 Å². The maximum atomic E-state index is 5.28. The first kappa shape index (κ1) is 13.0. The molecule has 108 valence electrons. The molecule has 0 fully saturated rings. The van der Waals surface area contributed by atoms with Crippen molar-refractivity contribution in [1.29, 1.82) is 0 Å². The molecule has 0 spiro atoms. The lowest BCUT2D eigenvalue weighted by Gasteiger charge is -1.99. The van der Waals surface area contributed by atoms with Gasteiger partial charge in [-0.25, -0.2) is 4.98 Å². The molecular weight excluding hydrogens is 298 g/mol. The maximum absolute atomic E-state index is 5.28. The largest absolute Gasteiger partial charge is 0.472 e. The smallest absolute Gasteiger partial charge is 0.261 e. The Labute approximate surface area is 130 Å². The Bertz CT molecular complexity index is 909. The van der Waals surface area contributed by atoms with E-state index in [4.69, 9.17) is 8.94 Å². The van der Waals surface area contributed by atoms with Crippen molar-refractivity contribution in [2.45, 2.75) is 6.92 Å². The lowest BCUT2D eigenvalue weighted by molar-refractivity contribution is 0.431. The number of hydrogen-bond acceptors (Lipinski definition) is 6. The highest BCUT2D eigenvalue weighted by Crippen LogP contribution is 2.27. The minimum Gasteiger partial charge on any atom is -0.472 e. The Hall–Kier alpha value is -2.73. The van der Waals surface area contributed by atoms with Gasteiger partial charge in [0.2, 0.25) is 5.82 Å². The Kier molecular flexibility index (Phi) is 3.08. The van der Waals surface area contributed by atoms with Crippen LogP contribution in [0.2, 0.25) is 0 Å². The summed E-state index contributed by atoms with van der Waals surface area (Å²) in [5, 5.41) is 7.12. The third-order valence-corrected chi connectivity index (χ3v) is 4.00. The number of nitrogens with zero attached hydrogens (tertiary/aromatic N) is 3. The summed E-state index contributed by atoms with van der Waals surface area (Å²) in [4.78, 5) is 8.91. The monoisotopic (exact) mass is 309 g/mol. The molecule has 0 N–H and O–H groups in total. The summed E-state index contributed by atoms with van der Waals surface area (Å²) in [5.41, 5.74) is 3.66. The van der Waals surface area contributed by atoms with Crippen LogP contribution < -0.4 is 0 Å². The van der Waals surface area contributed by atoms with Crippen molar-refractivity contribution in [3.63, 3.8) is 0 Å². The van der Waals surface area contributed by atoms with Gasteiger partial charge in [0, 0.05) is 16.5 Å². The number of thiazole rings is 1. The summed E-state index contributed by atoms with van der Waals surface area (Å²) >= 11 is 1.63. The fourth-order valence-corrected chi connectivity index (χ4v) is 2.78. The van der Waals surface area contributed by atoms with Crippen LogP contribution in [0.5, 0.6) is 0 Å². The molecule has 3 heterocycles. The number of aromatic nitrogens is 3. The number of rotatable bonds is 3. The van der Waals surface area contributed by atoms with Crippen molar-refractivity contribution in [3.8, 4) is 34.1 Å². The van der Waals surface area contributed by atoms with Crippen LogP contribution in [0.25, 0.3) is 34.1 Å². The zero-order valence-corrected chi connectivity index (χ0v) is 12.5. The summed E-state index contributed by atoms with van der Waals surface area (Å²) < 4.78 is 10.3. The van der Waals surface area contributed by atoms with Crippen LogP contribution in [0.3, 0.4) is 0 Å². The zero-order chi connectivity index (χ0) is 14.9. The van der Waals surface area contributed by atoms with Crippen LogP contribution in [0, 0.1) is 6.92 Å². The van der Waals surface area contributed by atoms with E-state index in [1.165, 1.54) is 0 Å². The third-order valence-electron chi connectivity index (χ3n) is 3.23. The molecular formula is C16H11N3O2S. The van der Waals surface area contributed by atoms with Gasteiger partial charge in [-0.3, -0.25) is 0 Å². The molecule has 22 heavy (non-hydrogen) atoms. The van der Waals surface area contributed by atoms with Gasteiger partial charge in [0.15, 0.2) is 0 Å². The zero-order valence-electron chi connectivity index (χ0n) is 11.7. The molecule has 0 atom stereocenters. The highest BCUT2D eigenvalue weighted by atomic mass is 32.1. The van der Waals surface area contributed by atoms with Gasteiger partial charge in [-0.2, -0.15) is 4.98 Å². The Morgan fingerprint density at radius 1 is 1.05 bits per heavy atom. The first-order valence-corrected chi connectivity index (χ1v) is 7.57. The van der Waals surface area contributed by atoms with E-state index in [0.717, 1.165) is 27.4 Å². The first-order chi connectivity index (χ1) is 10.8. The molecule has 6 heteroatoms. The van der Waals surface area contributed by atoms with Gasteiger partial charge in [0.05, 0.1) is 22.5 Å². The maximum Gasteiger partial charge on any atom is 0.261 e. The topological polar surface area (TPSA) is 65.0 Å². The third kappa shape index (κ3) is 2.33. The van der Waals surface area contributed by atoms with Crippen LogP contribution in [0.4, 0.5) is 0 Å². The number of aryl methyl sites for hydroxylation is 1. The molecule has 0 saturated carbocycles. The SMILES string of the molecule is Cc1nc(-c2cccc(-c3noc(-c4ccoc4)n3)c2)cs1. The lowest BCUT2D eigenvalue weighted by atomic mass is 10.1. The molecule has 0 unspecified atom stereocenters. The second kappa shape index (κ2) is 5.23. The number of furan rings is 1. The van der Waals surface area contributed by atoms with E-state index in [0.29, 0.717) is 11.7 Å². The first-order valence-electron chi connectivity index (χ1n) is 6.69. The fraction of sp³-hybridized carbons (Fsp3) is 0.0625. The minimum atomic E-state index is 0.443. The highest BCUT2D eigenvalue weighted by molar-refractivity contribution is 7.09. The fourth-order valence-electron chi connectivity index (χ4n) is 2.16. The van der Waals surface area contributed by atoms with E-state index in [2.05, 4.69) is 15.1 Å². The Balaban J connectivity index is 1.71. The molecule has 0 aliphatic heterocycles. The van der Waals surface area contributed by atoms with Crippen molar-refractivity contribution < 1.29 is 8.94 Å². The molecule has 4 rings (SSSR count). The molecule has 0 radical (unpaired) electrons. The summed E-state index contributed by atoms with van der Waals surface area (Å²) in [5.74, 6) is 0.989. The summed E-state index contributed by atoms with van der Waals surface area (Å²) in [6.45, 7) is 1.99. The van der Waals surface area contributed by atoms with Gasteiger partial charge in [-0.15, -0.1) is 11.3 Å². The quantitative estimate of drug-likeness (QED) is 0.560. The minimum absolute atomic E-state index is 0.443. The second-order valence-corrected chi connectivity index (χ2v) is 5.83. The molecule has 0 saturated heterocycles. The Morgan fingerprint density at radius 2 is 1.95 bits per heavy atom.